The van der Waals surface area contributed by atoms with E-state index in [1.807, 2.05) is 0 Å². The Morgan fingerprint density at radius 1 is 1.22 bits per heavy atom. The van der Waals surface area contributed by atoms with E-state index in [1.54, 1.807) is 25.3 Å². The standard InChI is InChI=1S/C12H18N2O4/c1-16-5-6-17-7-8-18-11-9(12(14)15)3-2-4-10(11)13/h2-4H,5-8,13H2,1H3,(H2,14,15). The first-order chi connectivity index (χ1) is 8.66. The fourth-order valence-electron chi connectivity index (χ4n) is 1.36. The molecule has 6 nitrogen and oxygen atoms in total. The molecule has 0 aromatic heterocycles. The summed E-state index contributed by atoms with van der Waals surface area (Å²) in [6.45, 7) is 1.70. The summed E-state index contributed by atoms with van der Waals surface area (Å²) in [5, 5.41) is 0. The predicted molar refractivity (Wildman–Crippen MR) is 67.6 cm³/mol. The minimum atomic E-state index is -0.572. The summed E-state index contributed by atoms with van der Waals surface area (Å²) in [4.78, 5) is 11.2. The molecule has 0 saturated heterocycles. The van der Waals surface area contributed by atoms with Gasteiger partial charge in [-0.05, 0) is 12.1 Å². The molecule has 0 aliphatic carbocycles. The van der Waals surface area contributed by atoms with E-state index in [9.17, 15) is 4.79 Å². The van der Waals surface area contributed by atoms with Gasteiger partial charge in [-0.2, -0.15) is 0 Å². The molecule has 0 aliphatic heterocycles. The van der Waals surface area contributed by atoms with Crippen LogP contribution in [0.15, 0.2) is 18.2 Å². The Morgan fingerprint density at radius 3 is 2.61 bits per heavy atom. The quantitative estimate of drug-likeness (QED) is 0.517. The number of rotatable bonds is 8. The lowest BCUT2D eigenvalue weighted by molar-refractivity contribution is 0.0543. The van der Waals surface area contributed by atoms with Crippen LogP contribution in [0.1, 0.15) is 10.4 Å². The van der Waals surface area contributed by atoms with Crippen LogP contribution < -0.4 is 16.2 Å². The number of benzene rings is 1. The van der Waals surface area contributed by atoms with Gasteiger partial charge in [0.05, 0.1) is 31.1 Å². The van der Waals surface area contributed by atoms with Gasteiger partial charge in [-0.3, -0.25) is 4.79 Å². The van der Waals surface area contributed by atoms with Crippen LogP contribution in [-0.4, -0.2) is 39.4 Å². The Bertz CT molecular complexity index is 396. The first-order valence-electron chi connectivity index (χ1n) is 5.54. The highest BCUT2D eigenvalue weighted by Gasteiger charge is 2.11. The van der Waals surface area contributed by atoms with Crippen molar-refractivity contribution in [2.75, 3.05) is 39.3 Å². The average molecular weight is 254 g/mol. The van der Waals surface area contributed by atoms with E-state index in [1.165, 1.54) is 0 Å². The Morgan fingerprint density at radius 2 is 1.94 bits per heavy atom. The molecule has 4 N–H and O–H groups in total. The predicted octanol–water partition coefficient (Wildman–Crippen LogP) is 0.409. The van der Waals surface area contributed by atoms with Crippen molar-refractivity contribution < 1.29 is 19.0 Å². The number of hydrogen-bond acceptors (Lipinski definition) is 5. The molecule has 0 spiro atoms. The molecule has 0 heterocycles. The van der Waals surface area contributed by atoms with Crippen molar-refractivity contribution in [3.05, 3.63) is 23.8 Å². The van der Waals surface area contributed by atoms with Crippen molar-refractivity contribution in [1.82, 2.24) is 0 Å². The first-order valence-corrected chi connectivity index (χ1v) is 5.54. The number of nitrogens with two attached hydrogens (primary N) is 2. The number of hydrogen-bond donors (Lipinski definition) is 2. The number of methoxy groups -OCH3 is 1. The van der Waals surface area contributed by atoms with E-state index in [4.69, 9.17) is 25.7 Å². The molecule has 0 atom stereocenters. The van der Waals surface area contributed by atoms with Gasteiger partial charge in [-0.15, -0.1) is 0 Å². The number of amides is 1. The fourth-order valence-corrected chi connectivity index (χ4v) is 1.36. The van der Waals surface area contributed by atoms with Gasteiger partial charge in [-0.25, -0.2) is 0 Å². The fraction of sp³-hybridized carbons (Fsp3) is 0.417. The maximum atomic E-state index is 11.2. The number of nitrogen functional groups attached to an aromatic ring is 1. The van der Waals surface area contributed by atoms with Crippen LogP contribution in [0.2, 0.25) is 0 Å². The molecule has 18 heavy (non-hydrogen) atoms. The second kappa shape index (κ2) is 7.52. The number of para-hydroxylation sites is 1. The molecule has 6 heteroatoms. The smallest absolute Gasteiger partial charge is 0.252 e. The SMILES string of the molecule is COCCOCCOc1c(N)cccc1C(N)=O. The largest absolute Gasteiger partial charge is 0.488 e. The Balaban J connectivity index is 2.48. The van der Waals surface area contributed by atoms with E-state index >= 15 is 0 Å². The van der Waals surface area contributed by atoms with Crippen molar-refractivity contribution in [1.29, 1.82) is 0 Å². The second-order valence-electron chi connectivity index (χ2n) is 3.54. The van der Waals surface area contributed by atoms with Gasteiger partial charge in [-0.1, -0.05) is 6.07 Å². The molecule has 0 saturated carbocycles. The zero-order valence-electron chi connectivity index (χ0n) is 10.3. The van der Waals surface area contributed by atoms with Gasteiger partial charge < -0.3 is 25.7 Å². The van der Waals surface area contributed by atoms with E-state index in [0.29, 0.717) is 31.3 Å². The topological polar surface area (TPSA) is 96.8 Å². The molecule has 100 valence electrons. The molecular formula is C12H18N2O4. The summed E-state index contributed by atoms with van der Waals surface area (Å²) in [5.74, 6) is -0.266. The molecule has 0 bridgehead atoms. The highest BCUT2D eigenvalue weighted by atomic mass is 16.5. The van der Waals surface area contributed by atoms with Gasteiger partial charge in [0.25, 0.3) is 5.91 Å². The van der Waals surface area contributed by atoms with Crippen LogP contribution in [0, 0.1) is 0 Å². The second-order valence-corrected chi connectivity index (χ2v) is 3.54. The van der Waals surface area contributed by atoms with E-state index in [-0.39, 0.29) is 12.2 Å². The lowest BCUT2D eigenvalue weighted by Gasteiger charge is -2.12. The molecule has 0 radical (unpaired) electrons. The summed E-state index contributed by atoms with van der Waals surface area (Å²) in [6, 6.07) is 4.87. The van der Waals surface area contributed by atoms with E-state index in [2.05, 4.69) is 0 Å². The van der Waals surface area contributed by atoms with Crippen LogP contribution in [0.5, 0.6) is 5.75 Å². The summed E-state index contributed by atoms with van der Waals surface area (Å²) < 4.78 is 15.5. The third kappa shape index (κ3) is 4.23. The van der Waals surface area contributed by atoms with Gasteiger partial charge in [0.1, 0.15) is 6.61 Å². The monoisotopic (exact) mass is 254 g/mol. The minimum absolute atomic E-state index is 0.270. The molecule has 1 aromatic carbocycles. The maximum absolute atomic E-state index is 11.2. The molecular weight excluding hydrogens is 236 g/mol. The molecule has 1 amide bonds. The van der Waals surface area contributed by atoms with Gasteiger partial charge >= 0.3 is 0 Å². The van der Waals surface area contributed by atoms with Crippen molar-refractivity contribution >= 4 is 11.6 Å². The molecule has 0 aliphatic rings. The first kappa shape index (κ1) is 14.3. The lowest BCUT2D eigenvalue weighted by Crippen LogP contribution is -2.16. The van der Waals surface area contributed by atoms with Gasteiger partial charge in [0.2, 0.25) is 0 Å². The third-order valence-corrected chi connectivity index (χ3v) is 2.22. The number of carbonyl (C=O) groups excluding carboxylic acids is 1. The van der Waals surface area contributed by atoms with Crippen molar-refractivity contribution in [3.63, 3.8) is 0 Å². The van der Waals surface area contributed by atoms with E-state index < -0.39 is 5.91 Å². The molecule has 0 unspecified atom stereocenters. The van der Waals surface area contributed by atoms with E-state index in [0.717, 1.165) is 0 Å². The number of carbonyl (C=O) groups is 1. The van der Waals surface area contributed by atoms with Crippen LogP contribution in [0.3, 0.4) is 0 Å². The Hall–Kier alpha value is -1.79. The lowest BCUT2D eigenvalue weighted by atomic mass is 10.1. The number of ether oxygens (including phenoxy) is 3. The highest BCUT2D eigenvalue weighted by Crippen LogP contribution is 2.25. The zero-order chi connectivity index (χ0) is 13.4. The minimum Gasteiger partial charge on any atom is -0.488 e. The average Bonchev–Trinajstić information content (AvgIpc) is 2.34. The normalized spacial score (nSPS) is 10.3. The van der Waals surface area contributed by atoms with Gasteiger partial charge in [0.15, 0.2) is 5.75 Å². The molecule has 0 fully saturated rings. The molecule has 1 rings (SSSR count). The van der Waals surface area contributed by atoms with Crippen molar-refractivity contribution in [2.24, 2.45) is 5.73 Å². The van der Waals surface area contributed by atoms with Gasteiger partial charge in [0, 0.05) is 7.11 Å². The Kier molecular flexibility index (Phi) is 5.96. The maximum Gasteiger partial charge on any atom is 0.252 e. The summed E-state index contributed by atoms with van der Waals surface area (Å²) >= 11 is 0. The van der Waals surface area contributed by atoms with Crippen LogP contribution in [0.4, 0.5) is 5.69 Å². The zero-order valence-corrected chi connectivity index (χ0v) is 10.3. The number of anilines is 1. The summed E-state index contributed by atoms with van der Waals surface area (Å²) in [6.07, 6.45) is 0. The van der Waals surface area contributed by atoms with Crippen molar-refractivity contribution in [3.8, 4) is 5.75 Å². The van der Waals surface area contributed by atoms with Crippen LogP contribution >= 0.6 is 0 Å². The third-order valence-electron chi connectivity index (χ3n) is 2.22. The van der Waals surface area contributed by atoms with Crippen LogP contribution in [-0.2, 0) is 9.47 Å². The van der Waals surface area contributed by atoms with Crippen molar-refractivity contribution in [2.45, 2.75) is 0 Å². The highest BCUT2D eigenvalue weighted by molar-refractivity contribution is 5.97. The molecule has 1 aromatic rings. The summed E-state index contributed by atoms with van der Waals surface area (Å²) in [5.41, 5.74) is 11.6. The Labute approximate surface area is 106 Å². The van der Waals surface area contributed by atoms with Crippen LogP contribution in [0.25, 0.3) is 0 Å². The number of primary amides is 1. The summed E-state index contributed by atoms with van der Waals surface area (Å²) in [7, 11) is 1.60.